The van der Waals surface area contributed by atoms with Crippen molar-refractivity contribution in [2.45, 2.75) is 11.3 Å². The molecule has 2 aromatic carbocycles. The molecule has 2 rings (SSSR count). The van der Waals surface area contributed by atoms with E-state index in [1.54, 1.807) is 39.7 Å². The van der Waals surface area contributed by atoms with Crippen molar-refractivity contribution in [3.05, 3.63) is 47.5 Å². The first-order chi connectivity index (χ1) is 12.4. The number of rotatable bonds is 8. The first-order valence-electron chi connectivity index (χ1n) is 7.80. The van der Waals surface area contributed by atoms with Crippen molar-refractivity contribution in [3.63, 3.8) is 0 Å². The van der Waals surface area contributed by atoms with Gasteiger partial charge in [-0.05, 0) is 41.8 Å². The standard InChI is InChI=1S/C18H22N2O5S/c1-23-16-10-14(11-17(24-2)18(16)25-3)12-20-9-8-13-4-6-15(7-5-13)26(19,21)22/h4-7,10-12H,8-9H2,1-3H3,(H2,19,21,22). The van der Waals surface area contributed by atoms with Gasteiger partial charge in [-0.3, -0.25) is 4.99 Å². The van der Waals surface area contributed by atoms with Gasteiger partial charge in [-0.25, -0.2) is 13.6 Å². The highest BCUT2D eigenvalue weighted by Crippen LogP contribution is 2.37. The molecule has 140 valence electrons. The van der Waals surface area contributed by atoms with Crippen molar-refractivity contribution in [2.24, 2.45) is 10.1 Å². The molecule has 0 radical (unpaired) electrons. The van der Waals surface area contributed by atoms with Crippen LogP contribution in [0.5, 0.6) is 17.2 Å². The average Bonchev–Trinajstić information content (AvgIpc) is 2.63. The van der Waals surface area contributed by atoms with E-state index in [1.807, 2.05) is 12.1 Å². The average molecular weight is 378 g/mol. The third-order valence-electron chi connectivity index (χ3n) is 3.71. The molecule has 26 heavy (non-hydrogen) atoms. The van der Waals surface area contributed by atoms with Gasteiger partial charge in [0.1, 0.15) is 0 Å². The lowest BCUT2D eigenvalue weighted by Gasteiger charge is -2.12. The SMILES string of the molecule is COc1cc(C=NCCc2ccc(S(N)(=O)=O)cc2)cc(OC)c1OC. The Bertz CT molecular complexity index is 852. The van der Waals surface area contributed by atoms with Gasteiger partial charge < -0.3 is 14.2 Å². The summed E-state index contributed by atoms with van der Waals surface area (Å²) in [5, 5.41) is 5.08. The fraction of sp³-hybridized carbons (Fsp3) is 0.278. The molecule has 0 saturated carbocycles. The lowest BCUT2D eigenvalue weighted by atomic mass is 10.1. The Hall–Kier alpha value is -2.58. The summed E-state index contributed by atoms with van der Waals surface area (Å²) in [5.74, 6) is 1.65. The summed E-state index contributed by atoms with van der Waals surface area (Å²) in [6, 6.07) is 10.1. The van der Waals surface area contributed by atoms with Crippen molar-refractivity contribution in [2.75, 3.05) is 27.9 Å². The van der Waals surface area contributed by atoms with Gasteiger partial charge in [0.25, 0.3) is 0 Å². The topological polar surface area (TPSA) is 100 Å². The number of nitrogens with zero attached hydrogens (tertiary/aromatic N) is 1. The highest BCUT2D eigenvalue weighted by molar-refractivity contribution is 7.89. The summed E-state index contributed by atoms with van der Waals surface area (Å²) in [6.07, 6.45) is 2.40. The molecule has 0 aliphatic heterocycles. The number of aliphatic imine (C=N–C) groups is 1. The van der Waals surface area contributed by atoms with Crippen molar-refractivity contribution < 1.29 is 22.6 Å². The molecule has 0 saturated heterocycles. The van der Waals surface area contributed by atoms with Crippen molar-refractivity contribution in [3.8, 4) is 17.2 Å². The molecule has 0 heterocycles. The van der Waals surface area contributed by atoms with E-state index in [0.717, 1.165) is 11.1 Å². The van der Waals surface area contributed by atoms with E-state index in [1.165, 1.54) is 12.1 Å². The van der Waals surface area contributed by atoms with E-state index in [0.29, 0.717) is 30.2 Å². The van der Waals surface area contributed by atoms with Crippen LogP contribution < -0.4 is 19.3 Å². The number of ether oxygens (including phenoxy) is 3. The number of sulfonamides is 1. The third kappa shape index (κ3) is 4.96. The number of hydrogen-bond donors (Lipinski definition) is 1. The quantitative estimate of drug-likeness (QED) is 0.708. The molecule has 0 aliphatic rings. The van der Waals surface area contributed by atoms with Crippen molar-refractivity contribution in [1.82, 2.24) is 0 Å². The molecule has 8 heteroatoms. The van der Waals surface area contributed by atoms with Gasteiger partial charge in [-0.1, -0.05) is 12.1 Å². The van der Waals surface area contributed by atoms with E-state index < -0.39 is 10.0 Å². The summed E-state index contributed by atoms with van der Waals surface area (Å²) in [6.45, 7) is 0.547. The minimum Gasteiger partial charge on any atom is -0.493 e. The van der Waals surface area contributed by atoms with Gasteiger partial charge in [-0.15, -0.1) is 0 Å². The molecular formula is C18H22N2O5S. The van der Waals surface area contributed by atoms with Gasteiger partial charge in [0.2, 0.25) is 15.8 Å². The normalized spacial score (nSPS) is 11.5. The second-order valence-electron chi connectivity index (χ2n) is 5.43. The zero-order valence-electron chi connectivity index (χ0n) is 14.9. The van der Waals surface area contributed by atoms with E-state index in [-0.39, 0.29) is 4.90 Å². The third-order valence-corrected chi connectivity index (χ3v) is 4.64. The van der Waals surface area contributed by atoms with Crippen LogP contribution in [-0.4, -0.2) is 42.5 Å². The number of methoxy groups -OCH3 is 3. The van der Waals surface area contributed by atoms with Gasteiger partial charge in [0, 0.05) is 12.8 Å². The highest BCUT2D eigenvalue weighted by atomic mass is 32.2. The van der Waals surface area contributed by atoms with Crippen LogP contribution in [-0.2, 0) is 16.4 Å². The van der Waals surface area contributed by atoms with Crippen LogP contribution in [0.2, 0.25) is 0 Å². The van der Waals surface area contributed by atoms with E-state index in [9.17, 15) is 8.42 Å². The lowest BCUT2D eigenvalue weighted by Crippen LogP contribution is -2.11. The van der Waals surface area contributed by atoms with Gasteiger partial charge in [-0.2, -0.15) is 0 Å². The molecule has 7 nitrogen and oxygen atoms in total. The molecule has 2 N–H and O–H groups in total. The molecule has 0 unspecified atom stereocenters. The second kappa shape index (κ2) is 8.68. The summed E-state index contributed by atoms with van der Waals surface area (Å²) in [7, 11) is 1.01. The van der Waals surface area contributed by atoms with Crippen molar-refractivity contribution in [1.29, 1.82) is 0 Å². The molecule has 0 bridgehead atoms. The molecule has 0 spiro atoms. The van der Waals surface area contributed by atoms with Crippen LogP contribution in [0.1, 0.15) is 11.1 Å². The van der Waals surface area contributed by atoms with Gasteiger partial charge in [0.15, 0.2) is 11.5 Å². The molecule has 0 aromatic heterocycles. The minimum atomic E-state index is -3.66. The van der Waals surface area contributed by atoms with Crippen LogP contribution >= 0.6 is 0 Å². The van der Waals surface area contributed by atoms with Crippen LogP contribution in [0.4, 0.5) is 0 Å². The van der Waals surface area contributed by atoms with Gasteiger partial charge in [0.05, 0.1) is 26.2 Å². The second-order valence-corrected chi connectivity index (χ2v) is 6.99. The summed E-state index contributed by atoms with van der Waals surface area (Å²) >= 11 is 0. The van der Waals surface area contributed by atoms with E-state index in [2.05, 4.69) is 4.99 Å². The fourth-order valence-electron chi connectivity index (χ4n) is 2.39. The van der Waals surface area contributed by atoms with Crippen LogP contribution in [0.25, 0.3) is 0 Å². The predicted octanol–water partition coefficient (Wildman–Crippen LogP) is 2.02. The molecule has 2 aromatic rings. The Kier molecular flexibility index (Phi) is 6.59. The number of primary sulfonamides is 1. The molecule has 0 amide bonds. The Labute approximate surface area is 153 Å². The highest BCUT2D eigenvalue weighted by Gasteiger charge is 2.12. The maximum atomic E-state index is 11.2. The fourth-order valence-corrected chi connectivity index (χ4v) is 2.90. The largest absolute Gasteiger partial charge is 0.493 e. The first kappa shape index (κ1) is 19.7. The van der Waals surface area contributed by atoms with Crippen LogP contribution in [0, 0.1) is 0 Å². The Balaban J connectivity index is 2.04. The Morgan fingerprint density at radius 3 is 2.04 bits per heavy atom. The maximum Gasteiger partial charge on any atom is 0.238 e. The van der Waals surface area contributed by atoms with Crippen molar-refractivity contribution >= 4 is 16.2 Å². The first-order valence-corrected chi connectivity index (χ1v) is 9.35. The zero-order chi connectivity index (χ0) is 19.2. The Morgan fingerprint density at radius 2 is 1.58 bits per heavy atom. The number of benzene rings is 2. The van der Waals surface area contributed by atoms with Crippen LogP contribution in [0.3, 0.4) is 0 Å². The van der Waals surface area contributed by atoms with E-state index >= 15 is 0 Å². The lowest BCUT2D eigenvalue weighted by molar-refractivity contribution is 0.324. The summed E-state index contributed by atoms with van der Waals surface area (Å²) in [5.41, 5.74) is 1.79. The molecular weight excluding hydrogens is 356 g/mol. The maximum absolute atomic E-state index is 11.2. The van der Waals surface area contributed by atoms with Gasteiger partial charge >= 0.3 is 0 Å². The summed E-state index contributed by atoms with van der Waals surface area (Å²) in [4.78, 5) is 4.49. The molecule has 0 fully saturated rings. The van der Waals surface area contributed by atoms with Crippen LogP contribution in [0.15, 0.2) is 46.3 Å². The number of hydrogen-bond acceptors (Lipinski definition) is 6. The summed E-state index contributed by atoms with van der Waals surface area (Å²) < 4.78 is 38.4. The zero-order valence-corrected chi connectivity index (χ0v) is 15.7. The monoisotopic (exact) mass is 378 g/mol. The predicted molar refractivity (Wildman–Crippen MR) is 100 cm³/mol. The van der Waals surface area contributed by atoms with E-state index in [4.69, 9.17) is 19.3 Å². The Morgan fingerprint density at radius 1 is 1.00 bits per heavy atom. The smallest absolute Gasteiger partial charge is 0.238 e. The molecule has 0 atom stereocenters. The number of nitrogens with two attached hydrogens (primary N) is 1. The molecule has 0 aliphatic carbocycles. The minimum absolute atomic E-state index is 0.0992.